The summed E-state index contributed by atoms with van der Waals surface area (Å²) in [6.45, 7) is 4.05. The quantitative estimate of drug-likeness (QED) is 0.368. The van der Waals surface area contributed by atoms with Crippen molar-refractivity contribution in [3.63, 3.8) is 0 Å². The lowest BCUT2D eigenvalue weighted by Crippen LogP contribution is -2.46. The Kier molecular flexibility index (Phi) is 8.92. The number of thiophene rings is 2. The molecule has 0 bridgehead atoms. The predicted molar refractivity (Wildman–Crippen MR) is 152 cm³/mol. The summed E-state index contributed by atoms with van der Waals surface area (Å²) < 4.78 is 16.4. The SMILES string of the molecule is COc1ccc(C2CC(c3cccs3)=NN2C(=O)CN(CCN2CCOCC2)C(=O)c2cccs2)cc1OC. The molecule has 206 valence electrons. The molecule has 0 saturated carbocycles. The molecular weight excluding hydrogens is 536 g/mol. The Morgan fingerprint density at radius 1 is 1.05 bits per heavy atom. The number of nitrogens with zero attached hydrogens (tertiary/aromatic N) is 4. The second-order valence-corrected chi connectivity index (χ2v) is 11.2. The number of amides is 2. The van der Waals surface area contributed by atoms with Gasteiger partial charge in [0.2, 0.25) is 0 Å². The van der Waals surface area contributed by atoms with Gasteiger partial charge in [-0.15, -0.1) is 22.7 Å². The van der Waals surface area contributed by atoms with Crippen molar-refractivity contribution in [1.82, 2.24) is 14.8 Å². The van der Waals surface area contributed by atoms with Crippen LogP contribution in [0.5, 0.6) is 11.5 Å². The van der Waals surface area contributed by atoms with Crippen LogP contribution in [-0.4, -0.2) is 92.5 Å². The Morgan fingerprint density at radius 3 is 2.51 bits per heavy atom. The summed E-state index contributed by atoms with van der Waals surface area (Å²) in [4.78, 5) is 32.9. The zero-order chi connectivity index (χ0) is 27.2. The molecule has 0 radical (unpaired) electrons. The number of ether oxygens (including phenoxy) is 3. The Labute approximate surface area is 236 Å². The first-order valence-corrected chi connectivity index (χ1v) is 14.6. The molecule has 4 heterocycles. The first-order valence-electron chi connectivity index (χ1n) is 12.9. The minimum atomic E-state index is -0.327. The second-order valence-electron chi connectivity index (χ2n) is 9.25. The predicted octanol–water partition coefficient (Wildman–Crippen LogP) is 3.98. The molecule has 0 N–H and O–H groups in total. The van der Waals surface area contributed by atoms with E-state index in [0.29, 0.717) is 49.1 Å². The van der Waals surface area contributed by atoms with Gasteiger partial charge in [0.25, 0.3) is 11.8 Å². The smallest absolute Gasteiger partial charge is 0.264 e. The molecule has 1 aromatic carbocycles. The van der Waals surface area contributed by atoms with Crippen LogP contribution in [0.1, 0.15) is 32.6 Å². The van der Waals surface area contributed by atoms with E-state index < -0.39 is 0 Å². The van der Waals surface area contributed by atoms with Crippen LogP contribution in [0.15, 0.2) is 58.3 Å². The Bertz CT molecular complexity index is 1290. The van der Waals surface area contributed by atoms with Crippen molar-refractivity contribution >= 4 is 40.2 Å². The molecule has 0 aliphatic carbocycles. The normalized spacial score (nSPS) is 17.6. The molecule has 1 saturated heterocycles. The number of carbonyl (C=O) groups is 2. The number of hydrazone groups is 1. The van der Waals surface area contributed by atoms with E-state index in [1.807, 2.05) is 47.2 Å². The number of hydrogen-bond acceptors (Lipinski definition) is 9. The summed E-state index contributed by atoms with van der Waals surface area (Å²) in [5.41, 5.74) is 1.74. The fourth-order valence-electron chi connectivity index (χ4n) is 4.78. The minimum Gasteiger partial charge on any atom is -0.493 e. The molecule has 3 aromatic rings. The van der Waals surface area contributed by atoms with E-state index in [1.165, 1.54) is 11.3 Å². The Hall–Kier alpha value is -3.25. The highest BCUT2D eigenvalue weighted by atomic mass is 32.1. The number of morpholine rings is 1. The monoisotopic (exact) mass is 568 g/mol. The van der Waals surface area contributed by atoms with Crippen molar-refractivity contribution in [2.24, 2.45) is 5.10 Å². The lowest BCUT2D eigenvalue weighted by Gasteiger charge is -2.31. The first-order chi connectivity index (χ1) is 19.1. The standard InChI is InChI=1S/C28H32N4O5S2/c1-35-23-8-7-20(17-24(23)36-2)22-18-21(25-5-3-15-38-25)29-32(22)27(33)19-31(28(34)26-6-4-16-39-26)10-9-30-11-13-37-14-12-30/h3-8,15-17,22H,9-14,18-19H2,1-2H3. The van der Waals surface area contributed by atoms with E-state index >= 15 is 0 Å². The zero-order valence-electron chi connectivity index (χ0n) is 22.1. The van der Waals surface area contributed by atoms with Crippen molar-refractivity contribution in [2.45, 2.75) is 12.5 Å². The number of hydrogen-bond donors (Lipinski definition) is 0. The Balaban J connectivity index is 1.40. The highest BCUT2D eigenvalue weighted by Crippen LogP contribution is 2.38. The zero-order valence-corrected chi connectivity index (χ0v) is 23.7. The third-order valence-corrected chi connectivity index (χ3v) is 8.68. The van der Waals surface area contributed by atoms with E-state index in [4.69, 9.17) is 19.3 Å². The van der Waals surface area contributed by atoms with Crippen molar-refractivity contribution in [2.75, 3.05) is 60.2 Å². The first kappa shape index (κ1) is 27.3. The molecule has 1 atom stereocenters. The highest BCUT2D eigenvalue weighted by Gasteiger charge is 2.35. The van der Waals surface area contributed by atoms with Gasteiger partial charge in [-0.2, -0.15) is 5.10 Å². The number of rotatable bonds is 10. The van der Waals surface area contributed by atoms with Gasteiger partial charge in [0.15, 0.2) is 11.5 Å². The molecule has 5 rings (SSSR count). The Morgan fingerprint density at radius 2 is 1.82 bits per heavy atom. The van der Waals surface area contributed by atoms with Gasteiger partial charge in [0, 0.05) is 32.6 Å². The van der Waals surface area contributed by atoms with Crippen LogP contribution >= 0.6 is 22.7 Å². The van der Waals surface area contributed by atoms with Crippen molar-refractivity contribution in [3.05, 3.63) is 68.5 Å². The molecule has 2 amide bonds. The van der Waals surface area contributed by atoms with E-state index in [2.05, 4.69) is 4.90 Å². The summed E-state index contributed by atoms with van der Waals surface area (Å²) >= 11 is 2.98. The lowest BCUT2D eigenvalue weighted by molar-refractivity contribution is -0.133. The highest BCUT2D eigenvalue weighted by molar-refractivity contribution is 7.12. The number of carbonyl (C=O) groups excluding carboxylic acids is 2. The molecular formula is C28H32N4O5S2. The fraction of sp³-hybridized carbons (Fsp3) is 0.393. The van der Waals surface area contributed by atoms with Gasteiger partial charge in [0.05, 0.1) is 48.9 Å². The summed E-state index contributed by atoms with van der Waals surface area (Å²) in [6.07, 6.45) is 0.564. The second kappa shape index (κ2) is 12.7. The largest absolute Gasteiger partial charge is 0.493 e. The van der Waals surface area contributed by atoms with Crippen LogP contribution in [0.2, 0.25) is 0 Å². The summed E-state index contributed by atoms with van der Waals surface area (Å²) in [7, 11) is 3.19. The maximum atomic E-state index is 13.9. The molecule has 0 spiro atoms. The third-order valence-electron chi connectivity index (χ3n) is 6.90. The molecule has 1 fully saturated rings. The van der Waals surface area contributed by atoms with Crippen LogP contribution in [0.25, 0.3) is 0 Å². The molecule has 11 heteroatoms. The van der Waals surface area contributed by atoms with E-state index in [1.54, 1.807) is 41.5 Å². The minimum absolute atomic E-state index is 0.0634. The van der Waals surface area contributed by atoms with E-state index in [9.17, 15) is 9.59 Å². The van der Waals surface area contributed by atoms with Gasteiger partial charge in [-0.05, 0) is 40.6 Å². The fourth-order valence-corrected chi connectivity index (χ4v) is 6.19. The molecule has 39 heavy (non-hydrogen) atoms. The molecule has 2 aromatic heterocycles. The maximum absolute atomic E-state index is 13.9. The molecule has 9 nitrogen and oxygen atoms in total. The van der Waals surface area contributed by atoms with Crippen molar-refractivity contribution < 1.29 is 23.8 Å². The van der Waals surface area contributed by atoms with Crippen LogP contribution in [0.3, 0.4) is 0 Å². The molecule has 2 aliphatic rings. The third kappa shape index (κ3) is 6.33. The van der Waals surface area contributed by atoms with Gasteiger partial charge in [0.1, 0.15) is 6.54 Å². The van der Waals surface area contributed by atoms with Crippen LogP contribution in [0, 0.1) is 0 Å². The average molecular weight is 569 g/mol. The van der Waals surface area contributed by atoms with Crippen LogP contribution in [-0.2, 0) is 9.53 Å². The van der Waals surface area contributed by atoms with Crippen molar-refractivity contribution in [1.29, 1.82) is 0 Å². The van der Waals surface area contributed by atoms with E-state index in [0.717, 1.165) is 29.2 Å². The summed E-state index contributed by atoms with van der Waals surface area (Å²) in [5, 5.41) is 10.2. The van der Waals surface area contributed by atoms with Gasteiger partial charge in [-0.3, -0.25) is 14.5 Å². The van der Waals surface area contributed by atoms with Crippen LogP contribution < -0.4 is 9.47 Å². The van der Waals surface area contributed by atoms with Crippen LogP contribution in [0.4, 0.5) is 0 Å². The number of methoxy groups -OCH3 is 2. The van der Waals surface area contributed by atoms with Gasteiger partial charge < -0.3 is 19.1 Å². The van der Waals surface area contributed by atoms with Gasteiger partial charge in [-0.1, -0.05) is 18.2 Å². The van der Waals surface area contributed by atoms with Gasteiger partial charge >= 0.3 is 0 Å². The average Bonchev–Trinajstić information content (AvgIpc) is 3.77. The molecule has 1 unspecified atom stereocenters. The number of benzene rings is 1. The van der Waals surface area contributed by atoms with Crippen molar-refractivity contribution in [3.8, 4) is 11.5 Å². The van der Waals surface area contributed by atoms with Gasteiger partial charge in [-0.25, -0.2) is 5.01 Å². The topological polar surface area (TPSA) is 83.9 Å². The molecule has 2 aliphatic heterocycles. The lowest BCUT2D eigenvalue weighted by atomic mass is 10.0. The summed E-state index contributed by atoms with van der Waals surface area (Å²) in [5.74, 6) is 0.837. The maximum Gasteiger partial charge on any atom is 0.264 e. The van der Waals surface area contributed by atoms with E-state index in [-0.39, 0.29) is 24.4 Å². The summed E-state index contributed by atoms with van der Waals surface area (Å²) in [6, 6.07) is 13.0.